The van der Waals surface area contributed by atoms with E-state index in [2.05, 4.69) is 15.0 Å². The standard InChI is InChI=1S/C20H19N3O4S/c1-21-20(24)17(10-14-12-22-16-8-4-3-7-15(14)16)23-28(25,26)19-11-13-6-2-5-9-18(13)27-19/h2-9,11-12,17,22-23H,10H2,1H3,(H,21,24)/t17-/m0/s1. The molecular weight excluding hydrogens is 378 g/mol. The molecule has 0 bridgehead atoms. The predicted molar refractivity (Wildman–Crippen MR) is 106 cm³/mol. The molecule has 0 aliphatic heterocycles. The zero-order valence-electron chi connectivity index (χ0n) is 15.1. The molecule has 8 heteroatoms. The quantitative estimate of drug-likeness (QED) is 0.465. The maximum Gasteiger partial charge on any atom is 0.274 e. The summed E-state index contributed by atoms with van der Waals surface area (Å²) in [5.41, 5.74) is 2.24. The number of sulfonamides is 1. The fraction of sp³-hybridized carbons (Fsp3) is 0.150. The lowest BCUT2D eigenvalue weighted by atomic mass is 10.1. The molecule has 0 aliphatic rings. The van der Waals surface area contributed by atoms with Crippen molar-refractivity contribution in [2.24, 2.45) is 0 Å². The smallest absolute Gasteiger partial charge is 0.274 e. The summed E-state index contributed by atoms with van der Waals surface area (Å²) in [6.07, 6.45) is 1.99. The van der Waals surface area contributed by atoms with E-state index < -0.39 is 22.0 Å². The summed E-state index contributed by atoms with van der Waals surface area (Å²) in [5, 5.41) is 3.92. The average Bonchev–Trinajstić information content (AvgIpc) is 3.31. The molecule has 0 saturated heterocycles. The minimum Gasteiger partial charge on any atom is -0.443 e. The molecule has 0 spiro atoms. The minimum atomic E-state index is -4.02. The summed E-state index contributed by atoms with van der Waals surface area (Å²) >= 11 is 0. The first-order valence-electron chi connectivity index (χ1n) is 8.75. The van der Waals surface area contributed by atoms with Crippen molar-refractivity contribution in [2.45, 2.75) is 17.6 Å². The molecule has 1 amide bonds. The Kier molecular flexibility index (Phi) is 4.66. The maximum atomic E-state index is 12.8. The van der Waals surface area contributed by atoms with Gasteiger partial charge in [-0.25, -0.2) is 8.42 Å². The van der Waals surface area contributed by atoms with Gasteiger partial charge in [-0.3, -0.25) is 4.79 Å². The Balaban J connectivity index is 1.65. The Morgan fingerprint density at radius 2 is 1.89 bits per heavy atom. The van der Waals surface area contributed by atoms with Crippen LogP contribution in [0.15, 0.2) is 70.3 Å². The first-order valence-corrected chi connectivity index (χ1v) is 10.2. The average molecular weight is 397 g/mol. The van der Waals surface area contributed by atoms with Gasteiger partial charge in [0.25, 0.3) is 10.0 Å². The van der Waals surface area contributed by atoms with Crippen LogP contribution < -0.4 is 10.0 Å². The molecule has 144 valence electrons. The van der Waals surface area contributed by atoms with Crippen molar-refractivity contribution in [1.29, 1.82) is 0 Å². The summed E-state index contributed by atoms with van der Waals surface area (Å²) in [4.78, 5) is 15.5. The molecular formula is C20H19N3O4S. The highest BCUT2D eigenvalue weighted by atomic mass is 32.2. The lowest BCUT2D eigenvalue weighted by Crippen LogP contribution is -2.46. The number of carbonyl (C=O) groups is 1. The lowest BCUT2D eigenvalue weighted by Gasteiger charge is -2.16. The number of aromatic nitrogens is 1. The highest BCUT2D eigenvalue weighted by molar-refractivity contribution is 7.89. The number of rotatable bonds is 6. The highest BCUT2D eigenvalue weighted by Crippen LogP contribution is 2.23. The van der Waals surface area contributed by atoms with Crippen LogP contribution in [0.25, 0.3) is 21.9 Å². The zero-order valence-corrected chi connectivity index (χ0v) is 15.9. The lowest BCUT2D eigenvalue weighted by molar-refractivity contribution is -0.122. The minimum absolute atomic E-state index is 0.198. The fourth-order valence-electron chi connectivity index (χ4n) is 3.22. The number of hydrogen-bond donors (Lipinski definition) is 3. The molecule has 2 aromatic heterocycles. The molecule has 1 atom stereocenters. The molecule has 4 rings (SSSR count). The van der Waals surface area contributed by atoms with Gasteiger partial charge in [-0.1, -0.05) is 36.4 Å². The third-order valence-corrected chi connectivity index (χ3v) is 5.95. The summed E-state index contributed by atoms with van der Waals surface area (Å²) in [6.45, 7) is 0. The number of nitrogens with one attached hydrogen (secondary N) is 3. The number of fused-ring (bicyclic) bond motifs is 2. The molecule has 0 aliphatic carbocycles. The second-order valence-corrected chi connectivity index (χ2v) is 8.10. The summed E-state index contributed by atoms with van der Waals surface area (Å²) < 4.78 is 33.6. The van der Waals surface area contributed by atoms with Crippen molar-refractivity contribution in [1.82, 2.24) is 15.0 Å². The Labute approximate surface area is 161 Å². The van der Waals surface area contributed by atoms with Gasteiger partial charge in [0.15, 0.2) is 0 Å². The summed E-state index contributed by atoms with van der Waals surface area (Å²) in [6, 6.07) is 15.1. The van der Waals surface area contributed by atoms with Gasteiger partial charge in [0.1, 0.15) is 11.6 Å². The second kappa shape index (κ2) is 7.14. The van der Waals surface area contributed by atoms with Crippen LogP contribution in [-0.2, 0) is 21.2 Å². The molecule has 3 N–H and O–H groups in total. The number of carbonyl (C=O) groups excluding carboxylic acids is 1. The number of para-hydroxylation sites is 2. The zero-order chi connectivity index (χ0) is 19.7. The molecule has 2 heterocycles. The van der Waals surface area contributed by atoms with Crippen LogP contribution in [0.3, 0.4) is 0 Å². The summed E-state index contributed by atoms with van der Waals surface area (Å²) in [5.74, 6) is -0.426. The van der Waals surface area contributed by atoms with Crippen molar-refractivity contribution in [3.05, 3.63) is 66.4 Å². The normalized spacial score (nSPS) is 13.0. The maximum absolute atomic E-state index is 12.8. The fourth-order valence-corrected chi connectivity index (χ4v) is 4.38. The first-order chi connectivity index (χ1) is 13.5. The molecule has 2 aromatic carbocycles. The van der Waals surface area contributed by atoms with Gasteiger partial charge in [-0.2, -0.15) is 4.72 Å². The number of aromatic amines is 1. The number of H-pyrrole nitrogens is 1. The topological polar surface area (TPSA) is 104 Å². The molecule has 0 unspecified atom stereocenters. The predicted octanol–water partition coefficient (Wildman–Crippen LogP) is 2.55. The Hall–Kier alpha value is -3.10. The van der Waals surface area contributed by atoms with E-state index in [1.165, 1.54) is 13.1 Å². The van der Waals surface area contributed by atoms with Gasteiger partial charge < -0.3 is 14.7 Å². The van der Waals surface area contributed by atoms with Crippen molar-refractivity contribution in [3.63, 3.8) is 0 Å². The van der Waals surface area contributed by atoms with Gasteiger partial charge in [0.05, 0.1) is 0 Å². The number of hydrogen-bond acceptors (Lipinski definition) is 4. The molecule has 7 nitrogen and oxygen atoms in total. The Bertz CT molecular complexity index is 1220. The number of likely N-dealkylation sites (N-methyl/N-ethyl adjacent to an activating group) is 1. The van der Waals surface area contributed by atoms with Crippen LogP contribution in [0.2, 0.25) is 0 Å². The Morgan fingerprint density at radius 3 is 2.68 bits per heavy atom. The van der Waals surface area contributed by atoms with Crippen LogP contribution in [0.4, 0.5) is 0 Å². The number of amides is 1. The van der Waals surface area contributed by atoms with Crippen LogP contribution in [0.5, 0.6) is 0 Å². The molecule has 0 saturated carbocycles. The molecule has 28 heavy (non-hydrogen) atoms. The molecule has 4 aromatic rings. The van der Waals surface area contributed by atoms with E-state index in [1.54, 1.807) is 30.5 Å². The van der Waals surface area contributed by atoms with Crippen molar-refractivity contribution >= 4 is 37.8 Å². The first kappa shape index (κ1) is 18.3. The van der Waals surface area contributed by atoms with E-state index >= 15 is 0 Å². The SMILES string of the molecule is CNC(=O)[C@H](Cc1c[nH]c2ccccc12)NS(=O)(=O)c1cc2ccccc2o1. The third-order valence-electron chi connectivity index (χ3n) is 4.63. The number of benzene rings is 2. The molecule has 0 fully saturated rings. The van der Waals surface area contributed by atoms with Gasteiger partial charge in [0.2, 0.25) is 11.0 Å². The van der Waals surface area contributed by atoms with Crippen LogP contribution in [0, 0.1) is 0 Å². The van der Waals surface area contributed by atoms with E-state index in [4.69, 9.17) is 4.42 Å². The van der Waals surface area contributed by atoms with E-state index in [9.17, 15) is 13.2 Å². The Morgan fingerprint density at radius 1 is 1.14 bits per heavy atom. The van der Waals surface area contributed by atoms with Gasteiger partial charge in [-0.15, -0.1) is 0 Å². The van der Waals surface area contributed by atoms with Crippen molar-refractivity contribution in [2.75, 3.05) is 7.05 Å². The second-order valence-electron chi connectivity index (χ2n) is 6.46. The van der Waals surface area contributed by atoms with E-state index in [0.29, 0.717) is 11.0 Å². The van der Waals surface area contributed by atoms with E-state index in [0.717, 1.165) is 16.5 Å². The van der Waals surface area contributed by atoms with E-state index in [-0.39, 0.29) is 11.5 Å². The van der Waals surface area contributed by atoms with E-state index in [1.807, 2.05) is 24.3 Å². The van der Waals surface area contributed by atoms with Gasteiger partial charge >= 0.3 is 0 Å². The van der Waals surface area contributed by atoms with Crippen molar-refractivity contribution < 1.29 is 17.6 Å². The monoisotopic (exact) mass is 397 g/mol. The van der Waals surface area contributed by atoms with Crippen molar-refractivity contribution in [3.8, 4) is 0 Å². The third kappa shape index (κ3) is 3.39. The van der Waals surface area contributed by atoms with Crippen LogP contribution in [0.1, 0.15) is 5.56 Å². The summed E-state index contributed by atoms with van der Waals surface area (Å²) in [7, 11) is -2.55. The number of furan rings is 1. The van der Waals surface area contributed by atoms with Gasteiger partial charge in [0, 0.05) is 35.6 Å². The van der Waals surface area contributed by atoms with Crippen LogP contribution >= 0.6 is 0 Å². The van der Waals surface area contributed by atoms with Crippen LogP contribution in [-0.4, -0.2) is 32.4 Å². The molecule has 0 radical (unpaired) electrons. The van der Waals surface area contributed by atoms with Gasteiger partial charge in [-0.05, 0) is 24.1 Å². The largest absolute Gasteiger partial charge is 0.443 e. The highest BCUT2D eigenvalue weighted by Gasteiger charge is 2.28.